The molecular weight excluding hydrogens is 366 g/mol. The molecule has 0 saturated carbocycles. The lowest BCUT2D eigenvalue weighted by Gasteiger charge is -2.41. The van der Waals surface area contributed by atoms with E-state index in [0.717, 1.165) is 30.1 Å². The Morgan fingerprint density at radius 2 is 1.72 bits per heavy atom. The number of carbonyl (C=O) groups excluding carboxylic acids is 2. The van der Waals surface area contributed by atoms with Crippen LogP contribution < -0.4 is 9.64 Å². The normalized spacial score (nSPS) is 22.8. The Morgan fingerprint density at radius 3 is 2.41 bits per heavy atom. The lowest BCUT2D eigenvalue weighted by molar-refractivity contribution is -0.140. The average Bonchev–Trinajstić information content (AvgIpc) is 3.15. The molecule has 2 aromatic carbocycles. The molecule has 0 bridgehead atoms. The molecule has 2 heterocycles. The standard InChI is InChI=1S/C23H27N3O3/c1-24-12-13-25(21(16-24)17-6-4-3-5-7-17)23(28)18-14-22(27)26(15-18)19-8-10-20(29-2)11-9-19/h3-11,18,21H,12-16H2,1-2H3. The molecule has 2 aliphatic rings. The number of carbonyl (C=O) groups is 2. The molecule has 0 aromatic heterocycles. The van der Waals surface area contributed by atoms with E-state index >= 15 is 0 Å². The Hall–Kier alpha value is -2.86. The fraction of sp³-hybridized carbons (Fsp3) is 0.391. The predicted molar refractivity (Wildman–Crippen MR) is 112 cm³/mol. The van der Waals surface area contributed by atoms with Gasteiger partial charge in [0.15, 0.2) is 0 Å². The first-order valence-corrected chi connectivity index (χ1v) is 10.0. The molecule has 2 saturated heterocycles. The minimum atomic E-state index is -0.306. The third-order valence-corrected chi connectivity index (χ3v) is 5.91. The number of ether oxygens (including phenoxy) is 1. The summed E-state index contributed by atoms with van der Waals surface area (Å²) in [6.07, 6.45) is 0.263. The first-order valence-electron chi connectivity index (χ1n) is 10.0. The van der Waals surface area contributed by atoms with Crippen LogP contribution in [0.15, 0.2) is 54.6 Å². The van der Waals surface area contributed by atoms with Crippen molar-refractivity contribution >= 4 is 17.5 Å². The van der Waals surface area contributed by atoms with Gasteiger partial charge in [0.1, 0.15) is 5.75 Å². The Balaban J connectivity index is 1.51. The Bertz CT molecular complexity index is 869. The Labute approximate surface area is 171 Å². The van der Waals surface area contributed by atoms with Crippen LogP contribution in [0, 0.1) is 5.92 Å². The van der Waals surface area contributed by atoms with Gasteiger partial charge in [-0.1, -0.05) is 30.3 Å². The maximum Gasteiger partial charge on any atom is 0.228 e. The van der Waals surface area contributed by atoms with Crippen molar-refractivity contribution in [2.45, 2.75) is 12.5 Å². The molecule has 6 nitrogen and oxygen atoms in total. The lowest BCUT2D eigenvalue weighted by Crippen LogP contribution is -2.51. The van der Waals surface area contributed by atoms with Crippen LogP contribution in [0.3, 0.4) is 0 Å². The summed E-state index contributed by atoms with van der Waals surface area (Å²) in [4.78, 5) is 32.0. The molecular formula is C23H27N3O3. The molecule has 2 aromatic rings. The molecule has 0 N–H and O–H groups in total. The van der Waals surface area contributed by atoms with Gasteiger partial charge < -0.3 is 19.4 Å². The van der Waals surface area contributed by atoms with Gasteiger partial charge in [-0.2, -0.15) is 0 Å². The molecule has 2 atom stereocenters. The topological polar surface area (TPSA) is 53.1 Å². The molecule has 152 valence electrons. The number of hydrogen-bond acceptors (Lipinski definition) is 4. The predicted octanol–water partition coefficient (Wildman–Crippen LogP) is 2.56. The van der Waals surface area contributed by atoms with Crippen molar-refractivity contribution < 1.29 is 14.3 Å². The van der Waals surface area contributed by atoms with Gasteiger partial charge in [0.05, 0.1) is 19.1 Å². The van der Waals surface area contributed by atoms with Crippen molar-refractivity contribution in [2.75, 3.05) is 45.2 Å². The number of anilines is 1. The average molecular weight is 393 g/mol. The summed E-state index contributed by atoms with van der Waals surface area (Å²) in [5.41, 5.74) is 1.95. The van der Waals surface area contributed by atoms with E-state index in [2.05, 4.69) is 24.1 Å². The van der Waals surface area contributed by atoms with Crippen LogP contribution >= 0.6 is 0 Å². The maximum atomic E-state index is 13.4. The minimum Gasteiger partial charge on any atom is -0.497 e. The molecule has 2 amide bonds. The van der Waals surface area contributed by atoms with Crippen molar-refractivity contribution in [3.05, 3.63) is 60.2 Å². The number of nitrogens with zero attached hydrogens (tertiary/aromatic N) is 3. The Morgan fingerprint density at radius 1 is 1.00 bits per heavy atom. The van der Waals surface area contributed by atoms with E-state index in [1.807, 2.05) is 47.4 Å². The number of likely N-dealkylation sites (N-methyl/N-ethyl adjacent to an activating group) is 1. The SMILES string of the molecule is COc1ccc(N2CC(C(=O)N3CCN(C)CC3c3ccccc3)CC2=O)cc1. The number of piperazine rings is 1. The molecule has 0 radical (unpaired) electrons. The van der Waals surface area contributed by atoms with Crippen LogP contribution in [0.5, 0.6) is 5.75 Å². The van der Waals surface area contributed by atoms with E-state index in [1.54, 1.807) is 12.0 Å². The monoisotopic (exact) mass is 393 g/mol. The summed E-state index contributed by atoms with van der Waals surface area (Å²) in [6.45, 7) is 2.76. The second-order valence-corrected chi connectivity index (χ2v) is 7.82. The molecule has 4 rings (SSSR count). The first-order chi connectivity index (χ1) is 14.1. The van der Waals surface area contributed by atoms with Crippen LogP contribution in [0.4, 0.5) is 5.69 Å². The fourth-order valence-corrected chi connectivity index (χ4v) is 4.26. The summed E-state index contributed by atoms with van der Waals surface area (Å²) in [5, 5.41) is 0. The Kier molecular flexibility index (Phi) is 5.53. The van der Waals surface area contributed by atoms with Crippen molar-refractivity contribution in [3.63, 3.8) is 0 Å². The quantitative estimate of drug-likeness (QED) is 0.801. The molecule has 6 heteroatoms. The van der Waals surface area contributed by atoms with Gasteiger partial charge in [0, 0.05) is 38.3 Å². The zero-order chi connectivity index (χ0) is 20.4. The molecule has 2 unspecified atom stereocenters. The van der Waals surface area contributed by atoms with E-state index in [1.165, 1.54) is 0 Å². The zero-order valence-corrected chi connectivity index (χ0v) is 17.0. The maximum absolute atomic E-state index is 13.4. The van der Waals surface area contributed by atoms with Gasteiger partial charge in [-0.05, 0) is 36.9 Å². The van der Waals surface area contributed by atoms with Crippen molar-refractivity contribution in [1.82, 2.24) is 9.80 Å². The van der Waals surface area contributed by atoms with Gasteiger partial charge in [-0.15, -0.1) is 0 Å². The van der Waals surface area contributed by atoms with Gasteiger partial charge in [0.2, 0.25) is 11.8 Å². The van der Waals surface area contributed by atoms with E-state index in [9.17, 15) is 9.59 Å². The number of rotatable bonds is 4. The molecule has 2 fully saturated rings. The molecule has 2 aliphatic heterocycles. The summed E-state index contributed by atoms with van der Waals surface area (Å²) >= 11 is 0. The van der Waals surface area contributed by atoms with Crippen molar-refractivity contribution in [2.24, 2.45) is 5.92 Å². The fourth-order valence-electron chi connectivity index (χ4n) is 4.26. The number of benzene rings is 2. The first kappa shape index (κ1) is 19.5. The number of methoxy groups -OCH3 is 1. The third kappa shape index (κ3) is 3.98. The highest BCUT2D eigenvalue weighted by Crippen LogP contribution is 2.31. The second-order valence-electron chi connectivity index (χ2n) is 7.82. The summed E-state index contributed by atoms with van der Waals surface area (Å²) < 4.78 is 5.19. The number of hydrogen-bond donors (Lipinski definition) is 0. The van der Waals surface area contributed by atoms with E-state index < -0.39 is 0 Å². The van der Waals surface area contributed by atoms with Gasteiger partial charge in [-0.25, -0.2) is 0 Å². The van der Waals surface area contributed by atoms with Crippen LogP contribution in [0.2, 0.25) is 0 Å². The van der Waals surface area contributed by atoms with Gasteiger partial charge in [-0.3, -0.25) is 9.59 Å². The zero-order valence-electron chi connectivity index (χ0n) is 17.0. The van der Waals surface area contributed by atoms with E-state index in [4.69, 9.17) is 4.74 Å². The highest BCUT2D eigenvalue weighted by atomic mass is 16.5. The van der Waals surface area contributed by atoms with Gasteiger partial charge >= 0.3 is 0 Å². The lowest BCUT2D eigenvalue weighted by atomic mass is 9.99. The summed E-state index contributed by atoms with van der Waals surface area (Å²) in [6, 6.07) is 17.6. The molecule has 0 spiro atoms. The van der Waals surface area contributed by atoms with Gasteiger partial charge in [0.25, 0.3) is 0 Å². The highest BCUT2D eigenvalue weighted by molar-refractivity contribution is 6.00. The summed E-state index contributed by atoms with van der Waals surface area (Å²) in [5.74, 6) is 0.519. The van der Waals surface area contributed by atoms with Crippen molar-refractivity contribution in [3.8, 4) is 5.75 Å². The van der Waals surface area contributed by atoms with E-state index in [0.29, 0.717) is 13.1 Å². The van der Waals surface area contributed by atoms with Crippen LogP contribution in [0.1, 0.15) is 18.0 Å². The van der Waals surface area contributed by atoms with E-state index in [-0.39, 0.29) is 30.2 Å². The minimum absolute atomic E-state index is 0.00101. The molecule has 0 aliphatic carbocycles. The largest absolute Gasteiger partial charge is 0.497 e. The highest BCUT2D eigenvalue weighted by Gasteiger charge is 2.40. The summed E-state index contributed by atoms with van der Waals surface area (Å²) in [7, 11) is 3.70. The smallest absolute Gasteiger partial charge is 0.228 e. The number of amides is 2. The van der Waals surface area contributed by atoms with Crippen LogP contribution in [-0.4, -0.2) is 62.0 Å². The molecule has 29 heavy (non-hydrogen) atoms. The van der Waals surface area contributed by atoms with Crippen molar-refractivity contribution in [1.29, 1.82) is 0 Å². The van der Waals surface area contributed by atoms with Crippen LogP contribution in [-0.2, 0) is 9.59 Å². The van der Waals surface area contributed by atoms with Crippen LogP contribution in [0.25, 0.3) is 0 Å². The second kappa shape index (κ2) is 8.25. The third-order valence-electron chi connectivity index (χ3n) is 5.91.